The van der Waals surface area contributed by atoms with Gasteiger partial charge in [0.2, 0.25) is 0 Å². The zero-order valence-corrected chi connectivity index (χ0v) is 11.3. The molecule has 2 aromatic heterocycles. The first-order chi connectivity index (χ1) is 8.74. The summed E-state index contributed by atoms with van der Waals surface area (Å²) in [6.45, 7) is 6.06. The van der Waals surface area contributed by atoms with Crippen LogP contribution in [0.2, 0.25) is 0 Å². The normalized spacial score (nSPS) is 10.8. The Morgan fingerprint density at radius 2 is 2.11 bits per heavy atom. The van der Waals surface area contributed by atoms with E-state index in [1.165, 1.54) is 11.1 Å². The molecule has 2 heterocycles. The van der Waals surface area contributed by atoms with Gasteiger partial charge in [-0.05, 0) is 24.6 Å². The molecule has 4 heteroatoms. The van der Waals surface area contributed by atoms with Crippen LogP contribution in [0.15, 0.2) is 24.7 Å². The Labute approximate surface area is 108 Å². The lowest BCUT2D eigenvalue weighted by Crippen LogP contribution is -2.11. The Morgan fingerprint density at radius 1 is 1.28 bits per heavy atom. The minimum atomic E-state index is 0.860. The summed E-state index contributed by atoms with van der Waals surface area (Å²) < 4.78 is 1.87. The summed E-state index contributed by atoms with van der Waals surface area (Å²) in [5, 5.41) is 7.79. The highest BCUT2D eigenvalue weighted by molar-refractivity contribution is 5.65. The van der Waals surface area contributed by atoms with Crippen molar-refractivity contribution < 1.29 is 0 Å². The van der Waals surface area contributed by atoms with Gasteiger partial charge in [-0.15, -0.1) is 0 Å². The molecule has 18 heavy (non-hydrogen) atoms. The number of hydrogen-bond acceptors (Lipinski definition) is 3. The van der Waals surface area contributed by atoms with Crippen molar-refractivity contribution in [3.63, 3.8) is 0 Å². The molecule has 0 saturated carbocycles. The quantitative estimate of drug-likeness (QED) is 0.876. The topological polar surface area (TPSA) is 42.7 Å². The van der Waals surface area contributed by atoms with Crippen LogP contribution in [0.4, 0.5) is 0 Å². The van der Waals surface area contributed by atoms with E-state index >= 15 is 0 Å². The van der Waals surface area contributed by atoms with Gasteiger partial charge in [0.15, 0.2) is 0 Å². The molecule has 0 bridgehead atoms. The first-order valence-electron chi connectivity index (χ1n) is 6.42. The third kappa shape index (κ3) is 2.76. The monoisotopic (exact) mass is 244 g/mol. The van der Waals surface area contributed by atoms with Crippen LogP contribution in [0.3, 0.4) is 0 Å². The maximum absolute atomic E-state index is 4.47. The first-order valence-corrected chi connectivity index (χ1v) is 6.42. The largest absolute Gasteiger partial charge is 0.313 e. The first kappa shape index (κ1) is 12.8. The molecule has 0 unspecified atom stereocenters. The highest BCUT2D eigenvalue weighted by Gasteiger charge is 2.09. The molecule has 1 N–H and O–H groups in total. The van der Waals surface area contributed by atoms with Gasteiger partial charge in [-0.3, -0.25) is 9.67 Å². The third-order valence-electron chi connectivity index (χ3n) is 2.93. The van der Waals surface area contributed by atoms with Gasteiger partial charge in [0.05, 0.1) is 5.69 Å². The van der Waals surface area contributed by atoms with Crippen molar-refractivity contribution in [3.8, 4) is 11.1 Å². The van der Waals surface area contributed by atoms with E-state index in [1.54, 1.807) is 0 Å². The second kappa shape index (κ2) is 5.78. The zero-order valence-electron chi connectivity index (χ0n) is 11.3. The lowest BCUT2D eigenvalue weighted by atomic mass is 10.1. The molecule has 2 rings (SSSR count). The van der Waals surface area contributed by atoms with Crippen LogP contribution in [0.25, 0.3) is 11.1 Å². The van der Waals surface area contributed by atoms with Gasteiger partial charge < -0.3 is 5.32 Å². The molecule has 0 aliphatic heterocycles. The molecule has 0 amide bonds. The fourth-order valence-corrected chi connectivity index (χ4v) is 2.04. The van der Waals surface area contributed by atoms with E-state index in [9.17, 15) is 0 Å². The number of pyridine rings is 1. The summed E-state index contributed by atoms with van der Waals surface area (Å²) in [6, 6.07) is 2.19. The van der Waals surface area contributed by atoms with Gasteiger partial charge in [-0.1, -0.05) is 13.8 Å². The van der Waals surface area contributed by atoms with Crippen LogP contribution in [0.1, 0.15) is 25.1 Å². The van der Waals surface area contributed by atoms with E-state index in [4.69, 9.17) is 0 Å². The number of nitrogens with one attached hydrogen (secondary N) is 1. The van der Waals surface area contributed by atoms with Gasteiger partial charge in [-0.25, -0.2) is 0 Å². The Bertz CT molecular complexity index is 516. The van der Waals surface area contributed by atoms with Crippen molar-refractivity contribution in [1.29, 1.82) is 0 Å². The van der Waals surface area contributed by atoms with E-state index < -0.39 is 0 Å². The van der Waals surface area contributed by atoms with Crippen LogP contribution in [0.5, 0.6) is 0 Å². The van der Waals surface area contributed by atoms with Crippen LogP contribution >= 0.6 is 0 Å². The summed E-state index contributed by atoms with van der Waals surface area (Å²) in [7, 11) is 1.96. The lowest BCUT2D eigenvalue weighted by molar-refractivity contribution is 0.724. The average Bonchev–Trinajstić information content (AvgIpc) is 2.78. The van der Waals surface area contributed by atoms with E-state index in [1.807, 2.05) is 24.1 Å². The van der Waals surface area contributed by atoms with E-state index in [-0.39, 0.29) is 0 Å². The summed E-state index contributed by atoms with van der Waals surface area (Å²) in [4.78, 5) is 4.32. The lowest BCUT2D eigenvalue weighted by Gasteiger charge is -2.05. The molecule has 2 aromatic rings. The SMILES string of the molecule is CCNCc1cncc(-c2cn(C)nc2CC)c1. The second-order valence-electron chi connectivity index (χ2n) is 4.38. The maximum Gasteiger partial charge on any atom is 0.0700 e. The number of hydrogen-bond donors (Lipinski definition) is 1. The van der Waals surface area contributed by atoms with Gasteiger partial charge in [0.1, 0.15) is 0 Å². The van der Waals surface area contributed by atoms with Crippen LogP contribution in [-0.4, -0.2) is 21.3 Å². The van der Waals surface area contributed by atoms with Gasteiger partial charge in [-0.2, -0.15) is 5.10 Å². The predicted molar refractivity (Wildman–Crippen MR) is 73.2 cm³/mol. The van der Waals surface area contributed by atoms with E-state index in [0.29, 0.717) is 0 Å². The molecule has 96 valence electrons. The Balaban J connectivity index is 2.31. The molecule has 0 atom stereocenters. The van der Waals surface area contributed by atoms with E-state index in [2.05, 4.69) is 41.5 Å². The minimum absolute atomic E-state index is 0.860. The smallest absolute Gasteiger partial charge is 0.0700 e. The minimum Gasteiger partial charge on any atom is -0.313 e. The highest BCUT2D eigenvalue weighted by atomic mass is 15.2. The molecule has 0 aliphatic rings. The second-order valence-corrected chi connectivity index (χ2v) is 4.38. The van der Waals surface area contributed by atoms with Crippen molar-refractivity contribution in [2.45, 2.75) is 26.8 Å². The van der Waals surface area contributed by atoms with Crippen molar-refractivity contribution in [2.75, 3.05) is 6.54 Å². The fourth-order valence-electron chi connectivity index (χ4n) is 2.04. The standard InChI is InChI=1S/C14H20N4/c1-4-14-13(10-18(3)17-14)12-6-11(7-15-5-2)8-16-9-12/h6,8-10,15H,4-5,7H2,1-3H3. The van der Waals surface area contributed by atoms with Crippen LogP contribution < -0.4 is 5.32 Å². The van der Waals surface area contributed by atoms with Crippen LogP contribution in [-0.2, 0) is 20.0 Å². The molecular weight excluding hydrogens is 224 g/mol. The molecule has 0 aliphatic carbocycles. The van der Waals surface area contributed by atoms with Crippen LogP contribution in [0, 0.1) is 0 Å². The fraction of sp³-hybridized carbons (Fsp3) is 0.429. The maximum atomic E-state index is 4.47. The number of nitrogens with zero attached hydrogens (tertiary/aromatic N) is 3. The van der Waals surface area contributed by atoms with Gasteiger partial charge in [0, 0.05) is 43.3 Å². The van der Waals surface area contributed by atoms with Crippen molar-refractivity contribution in [3.05, 3.63) is 35.9 Å². The van der Waals surface area contributed by atoms with Crippen molar-refractivity contribution >= 4 is 0 Å². The Hall–Kier alpha value is -1.68. The molecule has 4 nitrogen and oxygen atoms in total. The third-order valence-corrected chi connectivity index (χ3v) is 2.93. The van der Waals surface area contributed by atoms with Gasteiger partial charge in [0.25, 0.3) is 0 Å². The summed E-state index contributed by atoms with van der Waals surface area (Å²) in [5.74, 6) is 0. The number of rotatable bonds is 5. The Kier molecular flexibility index (Phi) is 4.10. The molecule has 0 spiro atoms. The molecule has 0 fully saturated rings. The molecule has 0 saturated heterocycles. The number of aromatic nitrogens is 3. The zero-order chi connectivity index (χ0) is 13.0. The summed E-state index contributed by atoms with van der Waals surface area (Å²) >= 11 is 0. The molecule has 0 aromatic carbocycles. The average molecular weight is 244 g/mol. The molecule has 0 radical (unpaired) electrons. The Morgan fingerprint density at radius 3 is 2.83 bits per heavy atom. The summed E-state index contributed by atoms with van der Waals surface area (Å²) in [6.07, 6.45) is 6.82. The van der Waals surface area contributed by atoms with E-state index in [0.717, 1.165) is 30.8 Å². The number of aryl methyl sites for hydroxylation is 2. The highest BCUT2D eigenvalue weighted by Crippen LogP contribution is 2.23. The van der Waals surface area contributed by atoms with Crippen molar-refractivity contribution in [2.24, 2.45) is 7.05 Å². The van der Waals surface area contributed by atoms with Gasteiger partial charge >= 0.3 is 0 Å². The van der Waals surface area contributed by atoms with Crippen molar-refractivity contribution in [1.82, 2.24) is 20.1 Å². The predicted octanol–water partition coefficient (Wildman–Crippen LogP) is 2.15. The molecular formula is C14H20N4. The summed E-state index contributed by atoms with van der Waals surface area (Å²) in [5.41, 5.74) is 4.67.